The number of imidazole rings is 1. The Bertz CT molecular complexity index is 1350. The average molecular weight is 394 g/mol. The number of benzene rings is 2. The largest absolute Gasteiger partial charge is 0.465 e. The van der Waals surface area contributed by atoms with Gasteiger partial charge in [-0.05, 0) is 46.6 Å². The van der Waals surface area contributed by atoms with E-state index < -0.39 is 0 Å². The van der Waals surface area contributed by atoms with E-state index in [4.69, 9.17) is 9.72 Å². The van der Waals surface area contributed by atoms with E-state index in [9.17, 15) is 0 Å². The van der Waals surface area contributed by atoms with Crippen molar-refractivity contribution in [3.63, 3.8) is 0 Å². The molecular formula is C23H18N6O. The lowest BCUT2D eigenvalue weighted by Gasteiger charge is -2.40. The van der Waals surface area contributed by atoms with Gasteiger partial charge in [-0.15, -0.1) is 10.2 Å². The number of nitrogens with one attached hydrogen (secondary N) is 1. The molecule has 2 heterocycles. The zero-order chi connectivity index (χ0) is 20.1. The Morgan fingerprint density at radius 2 is 1.87 bits per heavy atom. The van der Waals surface area contributed by atoms with Gasteiger partial charge in [0.1, 0.15) is 0 Å². The Kier molecular flexibility index (Phi) is 3.67. The highest BCUT2D eigenvalue weighted by Gasteiger charge is 2.44. The summed E-state index contributed by atoms with van der Waals surface area (Å²) in [6.45, 7) is 2.52. The van der Waals surface area contributed by atoms with E-state index >= 15 is 0 Å². The van der Waals surface area contributed by atoms with Crippen molar-refractivity contribution < 1.29 is 4.74 Å². The van der Waals surface area contributed by atoms with Gasteiger partial charge in [0.15, 0.2) is 0 Å². The molecule has 0 amide bonds. The van der Waals surface area contributed by atoms with Crippen LogP contribution in [0.1, 0.15) is 24.4 Å². The lowest BCUT2D eigenvalue weighted by molar-refractivity contribution is 0.295. The number of aromatic nitrogens is 6. The standard InChI is InChI=1S/C23H18N6O/c1-2-30-23-24-17-10-6-7-11-18(17)29(23)21-16-13-12-15(14-8-4-3-5-9-14)19(21)20(16)22-25-27-28-26-22/h3-13,21H,2H2,1H3,(H,25,26,27,28). The molecule has 7 heteroatoms. The smallest absolute Gasteiger partial charge is 0.298 e. The Balaban J connectivity index is 1.59. The molecule has 146 valence electrons. The maximum Gasteiger partial charge on any atom is 0.298 e. The van der Waals surface area contributed by atoms with E-state index in [1.807, 2.05) is 31.2 Å². The maximum absolute atomic E-state index is 5.94. The molecule has 2 aromatic carbocycles. The van der Waals surface area contributed by atoms with Crippen LogP contribution in [0.2, 0.25) is 0 Å². The second-order valence-corrected chi connectivity index (χ2v) is 7.18. The molecule has 0 saturated carbocycles. The van der Waals surface area contributed by atoms with Crippen LogP contribution >= 0.6 is 0 Å². The fourth-order valence-corrected chi connectivity index (χ4v) is 4.38. The molecule has 2 aromatic heterocycles. The number of para-hydroxylation sites is 2. The molecule has 0 fully saturated rings. The van der Waals surface area contributed by atoms with Crippen molar-refractivity contribution in [3.8, 4) is 6.01 Å². The first kappa shape index (κ1) is 16.9. The number of hydrogen-bond acceptors (Lipinski definition) is 5. The molecule has 0 spiro atoms. The van der Waals surface area contributed by atoms with Gasteiger partial charge >= 0.3 is 0 Å². The number of fused-ring (bicyclic) bond motifs is 3. The molecule has 0 radical (unpaired) electrons. The number of ether oxygens (including phenoxy) is 1. The monoisotopic (exact) mass is 394 g/mol. The molecule has 1 atom stereocenters. The van der Waals surface area contributed by atoms with Crippen LogP contribution in [-0.4, -0.2) is 36.8 Å². The minimum Gasteiger partial charge on any atom is -0.465 e. The Morgan fingerprint density at radius 1 is 1.03 bits per heavy atom. The molecule has 0 saturated heterocycles. The summed E-state index contributed by atoms with van der Waals surface area (Å²) in [7, 11) is 0. The summed E-state index contributed by atoms with van der Waals surface area (Å²) in [6, 6.07) is 19.1. The van der Waals surface area contributed by atoms with Crippen molar-refractivity contribution >= 4 is 22.2 Å². The molecule has 2 aliphatic rings. The van der Waals surface area contributed by atoms with Crippen molar-refractivity contribution in [2.75, 3.05) is 6.61 Å². The molecule has 1 unspecified atom stereocenters. The highest BCUT2D eigenvalue weighted by atomic mass is 16.5. The van der Waals surface area contributed by atoms with E-state index in [1.54, 1.807) is 0 Å². The van der Waals surface area contributed by atoms with Crippen molar-refractivity contribution in [2.45, 2.75) is 13.0 Å². The fraction of sp³-hybridized carbons (Fsp3) is 0.130. The summed E-state index contributed by atoms with van der Waals surface area (Å²) < 4.78 is 8.12. The van der Waals surface area contributed by atoms with Crippen LogP contribution in [0.5, 0.6) is 6.01 Å². The maximum atomic E-state index is 5.94. The molecule has 2 aliphatic carbocycles. The van der Waals surface area contributed by atoms with Crippen LogP contribution < -0.4 is 4.74 Å². The highest BCUT2D eigenvalue weighted by Crippen LogP contribution is 2.57. The number of aromatic amines is 1. The van der Waals surface area contributed by atoms with E-state index in [0.29, 0.717) is 18.4 Å². The molecule has 0 aliphatic heterocycles. The van der Waals surface area contributed by atoms with Crippen LogP contribution in [0.25, 0.3) is 22.2 Å². The lowest BCUT2D eigenvalue weighted by Crippen LogP contribution is -2.29. The minimum atomic E-state index is -0.0207. The molecule has 2 bridgehead atoms. The lowest BCUT2D eigenvalue weighted by atomic mass is 9.68. The predicted octanol–water partition coefficient (Wildman–Crippen LogP) is 3.98. The first-order valence-corrected chi connectivity index (χ1v) is 9.92. The van der Waals surface area contributed by atoms with Crippen molar-refractivity contribution in [1.29, 1.82) is 0 Å². The number of hydrogen-bond donors (Lipinski definition) is 1. The third kappa shape index (κ3) is 2.32. The van der Waals surface area contributed by atoms with Crippen LogP contribution in [0.4, 0.5) is 0 Å². The summed E-state index contributed by atoms with van der Waals surface area (Å²) in [4.78, 5) is 4.74. The third-order valence-corrected chi connectivity index (χ3v) is 5.59. The van der Waals surface area contributed by atoms with Gasteiger partial charge in [0, 0.05) is 5.57 Å². The molecule has 6 rings (SSSR count). The van der Waals surface area contributed by atoms with Crippen molar-refractivity contribution in [2.24, 2.45) is 0 Å². The number of rotatable bonds is 5. The van der Waals surface area contributed by atoms with E-state index in [-0.39, 0.29) is 6.04 Å². The number of tetrazole rings is 1. The number of allylic oxidation sites excluding steroid dienone is 6. The van der Waals surface area contributed by atoms with E-state index in [1.165, 1.54) is 0 Å². The zero-order valence-electron chi connectivity index (χ0n) is 16.3. The minimum absolute atomic E-state index is 0.0207. The Labute approximate surface area is 172 Å². The van der Waals surface area contributed by atoms with Crippen LogP contribution in [0.15, 0.2) is 77.9 Å². The molecular weight excluding hydrogens is 376 g/mol. The van der Waals surface area contributed by atoms with Crippen molar-refractivity contribution in [3.05, 3.63) is 89.3 Å². The second-order valence-electron chi connectivity index (χ2n) is 7.18. The summed E-state index contributed by atoms with van der Waals surface area (Å²) in [5.41, 5.74) is 7.57. The summed E-state index contributed by atoms with van der Waals surface area (Å²) in [5, 5.41) is 14.9. The third-order valence-electron chi connectivity index (χ3n) is 5.59. The molecule has 30 heavy (non-hydrogen) atoms. The van der Waals surface area contributed by atoms with Crippen molar-refractivity contribution in [1.82, 2.24) is 30.2 Å². The van der Waals surface area contributed by atoms with Gasteiger partial charge in [-0.1, -0.05) is 54.6 Å². The Morgan fingerprint density at radius 3 is 2.67 bits per heavy atom. The normalized spacial score (nSPS) is 17.6. The van der Waals surface area contributed by atoms with Gasteiger partial charge in [-0.2, -0.15) is 10.2 Å². The average Bonchev–Trinajstić information content (AvgIpc) is 3.43. The second kappa shape index (κ2) is 6.52. The predicted molar refractivity (Wildman–Crippen MR) is 114 cm³/mol. The van der Waals surface area contributed by atoms with Gasteiger partial charge < -0.3 is 4.74 Å². The number of nitrogens with zero attached hydrogens (tertiary/aromatic N) is 5. The van der Waals surface area contributed by atoms with Gasteiger partial charge in [0.2, 0.25) is 5.82 Å². The van der Waals surface area contributed by atoms with E-state index in [0.717, 1.165) is 38.9 Å². The fourth-order valence-electron chi connectivity index (χ4n) is 4.38. The summed E-state index contributed by atoms with van der Waals surface area (Å²) >= 11 is 0. The first-order chi connectivity index (χ1) is 14.9. The molecule has 7 nitrogen and oxygen atoms in total. The molecule has 1 N–H and O–H groups in total. The molecule has 4 aromatic rings. The van der Waals surface area contributed by atoms with Crippen LogP contribution in [0, 0.1) is 0 Å². The summed E-state index contributed by atoms with van der Waals surface area (Å²) in [5.74, 6) is 0.608. The first-order valence-electron chi connectivity index (χ1n) is 9.92. The van der Waals surface area contributed by atoms with Crippen LogP contribution in [-0.2, 0) is 0 Å². The SMILES string of the molecule is CCOc1nc2ccccc2n1C1c2ccc(-c3ccccc3)c1c2-c1nn[nH]n1. The quantitative estimate of drug-likeness (QED) is 0.554. The Hall–Kier alpha value is -4.00. The van der Waals surface area contributed by atoms with Gasteiger partial charge in [-0.25, -0.2) is 0 Å². The van der Waals surface area contributed by atoms with Gasteiger partial charge in [-0.3, -0.25) is 4.57 Å². The number of H-pyrrole nitrogens is 1. The van der Waals surface area contributed by atoms with Gasteiger partial charge in [0.25, 0.3) is 6.01 Å². The topological polar surface area (TPSA) is 81.5 Å². The van der Waals surface area contributed by atoms with Crippen LogP contribution in [0.3, 0.4) is 0 Å². The summed E-state index contributed by atoms with van der Waals surface area (Å²) in [6.07, 6.45) is 4.32. The zero-order valence-corrected chi connectivity index (χ0v) is 16.3. The van der Waals surface area contributed by atoms with Gasteiger partial charge in [0.05, 0.1) is 23.7 Å². The van der Waals surface area contributed by atoms with E-state index in [2.05, 4.69) is 67.7 Å². The highest BCUT2D eigenvalue weighted by molar-refractivity contribution is 6.05.